The Bertz CT molecular complexity index is 1400. The minimum absolute atomic E-state index is 0.151. The van der Waals surface area contributed by atoms with Crippen LogP contribution in [0.5, 0.6) is 5.75 Å². The van der Waals surface area contributed by atoms with Crippen LogP contribution in [0.25, 0.3) is 22.2 Å². The van der Waals surface area contributed by atoms with E-state index in [4.69, 9.17) is 4.74 Å². The summed E-state index contributed by atoms with van der Waals surface area (Å²) >= 11 is 0. The van der Waals surface area contributed by atoms with Crippen LogP contribution in [-0.4, -0.2) is 59.3 Å². The number of alkyl halides is 2. The van der Waals surface area contributed by atoms with Gasteiger partial charge in [0.05, 0.1) is 17.1 Å². The van der Waals surface area contributed by atoms with E-state index in [-0.39, 0.29) is 17.6 Å². The molecule has 0 bridgehead atoms. The van der Waals surface area contributed by atoms with Crippen LogP contribution in [0.3, 0.4) is 0 Å². The fraction of sp³-hybridized carbons (Fsp3) is 0.333. The van der Waals surface area contributed by atoms with E-state index in [9.17, 15) is 8.78 Å². The minimum Gasteiger partial charge on any atom is -0.434 e. The third-order valence-electron chi connectivity index (χ3n) is 7.18. The van der Waals surface area contributed by atoms with Gasteiger partial charge in [0.2, 0.25) is 0 Å². The number of aryl methyl sites for hydroxylation is 1. The quantitative estimate of drug-likeness (QED) is 0.386. The number of fused-ring (bicyclic) bond motifs is 3. The molecule has 2 aliphatic rings. The van der Waals surface area contributed by atoms with Crippen LogP contribution in [0.2, 0.25) is 0 Å². The van der Waals surface area contributed by atoms with Crippen molar-refractivity contribution in [3.05, 3.63) is 71.9 Å². The maximum atomic E-state index is 15.2. The van der Waals surface area contributed by atoms with Crippen LogP contribution < -0.4 is 9.64 Å². The summed E-state index contributed by atoms with van der Waals surface area (Å²) in [5.74, 6) is 1.47. The average molecular weight is 494 g/mol. The molecule has 0 saturated carbocycles. The molecule has 4 aromatic rings. The number of piperazine rings is 1. The summed E-state index contributed by atoms with van der Waals surface area (Å²) in [6.45, 7) is 0.863. The van der Waals surface area contributed by atoms with Gasteiger partial charge >= 0.3 is 6.61 Å². The predicted molar refractivity (Wildman–Crippen MR) is 132 cm³/mol. The van der Waals surface area contributed by atoms with Gasteiger partial charge in [0, 0.05) is 61.6 Å². The summed E-state index contributed by atoms with van der Waals surface area (Å²) in [6, 6.07) is 13.7. The first kappa shape index (κ1) is 22.8. The van der Waals surface area contributed by atoms with Crippen molar-refractivity contribution < 1.29 is 17.9 Å². The zero-order valence-electron chi connectivity index (χ0n) is 19.9. The van der Waals surface area contributed by atoms with Crippen molar-refractivity contribution in [1.29, 1.82) is 0 Å². The number of para-hydroxylation sites is 1. The summed E-state index contributed by atoms with van der Waals surface area (Å²) in [5, 5.41) is 0. The average Bonchev–Trinajstić information content (AvgIpc) is 3.43. The van der Waals surface area contributed by atoms with Crippen molar-refractivity contribution in [2.24, 2.45) is 0 Å². The number of aromatic nitrogens is 3. The van der Waals surface area contributed by atoms with Gasteiger partial charge in [-0.3, -0.25) is 0 Å². The lowest BCUT2D eigenvalue weighted by atomic mass is 10.0. The van der Waals surface area contributed by atoms with Crippen LogP contribution in [0.1, 0.15) is 23.9 Å². The lowest BCUT2D eigenvalue weighted by molar-refractivity contribution is -0.0506. The van der Waals surface area contributed by atoms with Crippen LogP contribution in [0.15, 0.2) is 54.7 Å². The molecule has 1 atom stereocenters. The minimum atomic E-state index is -2.91. The number of hydrogen-bond donors (Lipinski definition) is 0. The van der Waals surface area contributed by atoms with E-state index in [1.165, 1.54) is 6.07 Å². The molecule has 0 N–H and O–H groups in total. The second-order valence-corrected chi connectivity index (χ2v) is 9.39. The van der Waals surface area contributed by atoms with Crippen molar-refractivity contribution in [3.63, 3.8) is 0 Å². The fourth-order valence-corrected chi connectivity index (χ4v) is 5.33. The second kappa shape index (κ2) is 9.13. The zero-order valence-corrected chi connectivity index (χ0v) is 19.9. The van der Waals surface area contributed by atoms with Gasteiger partial charge in [-0.05, 0) is 37.7 Å². The molecule has 0 radical (unpaired) electrons. The van der Waals surface area contributed by atoms with Gasteiger partial charge in [0.15, 0.2) is 0 Å². The van der Waals surface area contributed by atoms with Gasteiger partial charge in [0.25, 0.3) is 0 Å². The summed E-state index contributed by atoms with van der Waals surface area (Å²) in [7, 11) is 2.11. The number of halogens is 3. The van der Waals surface area contributed by atoms with E-state index in [0.29, 0.717) is 35.0 Å². The molecule has 6 rings (SSSR count). The van der Waals surface area contributed by atoms with Gasteiger partial charge in [0.1, 0.15) is 23.2 Å². The molecular weight excluding hydrogens is 467 g/mol. The highest BCUT2D eigenvalue weighted by atomic mass is 19.3. The Kier molecular flexibility index (Phi) is 5.79. The fourth-order valence-electron chi connectivity index (χ4n) is 5.33. The van der Waals surface area contributed by atoms with Gasteiger partial charge < -0.3 is 19.1 Å². The van der Waals surface area contributed by atoms with E-state index in [1.807, 2.05) is 22.8 Å². The Morgan fingerprint density at radius 2 is 1.83 bits per heavy atom. The number of imidazole rings is 1. The Balaban J connectivity index is 1.37. The van der Waals surface area contributed by atoms with Gasteiger partial charge in [-0.25, -0.2) is 14.4 Å². The standard InChI is InChI=1S/C27H26F3N5O/c1-33-10-12-34(13-11-33)25-8-6-17(16-31-25)19-14-23-21(15-20(19)28)32-26-9-7-22(35(23)26)18-4-2-3-5-24(18)36-27(29)30/h2-6,8,14-16,22,27H,7,9-13H2,1H3/t22-/m1/s1. The van der Waals surface area contributed by atoms with Crippen LogP contribution >= 0.6 is 0 Å². The van der Waals surface area contributed by atoms with Gasteiger partial charge in [-0.1, -0.05) is 18.2 Å². The van der Waals surface area contributed by atoms with Crippen molar-refractivity contribution >= 4 is 16.9 Å². The zero-order chi connectivity index (χ0) is 24.8. The third-order valence-corrected chi connectivity index (χ3v) is 7.18. The number of nitrogens with zero attached hydrogens (tertiary/aromatic N) is 5. The Labute approximate surface area is 206 Å². The molecule has 0 unspecified atom stereocenters. The third kappa shape index (κ3) is 4.07. The summed E-state index contributed by atoms with van der Waals surface area (Å²) in [6.07, 6.45) is 3.08. The Morgan fingerprint density at radius 1 is 1.03 bits per heavy atom. The largest absolute Gasteiger partial charge is 0.434 e. The molecule has 0 amide bonds. The SMILES string of the molecule is CN1CCN(c2ccc(-c3cc4c(cc3F)nc3n4[C@@H](c4ccccc4OC(F)F)CC3)cn2)CC1. The van der Waals surface area contributed by atoms with E-state index in [0.717, 1.165) is 43.3 Å². The first-order valence-electron chi connectivity index (χ1n) is 12.1. The number of ether oxygens (including phenoxy) is 1. The number of pyridine rings is 1. The number of rotatable bonds is 5. The maximum Gasteiger partial charge on any atom is 0.387 e. The summed E-state index contributed by atoms with van der Waals surface area (Å²) < 4.78 is 48.1. The van der Waals surface area contributed by atoms with E-state index in [1.54, 1.807) is 30.5 Å². The smallest absolute Gasteiger partial charge is 0.387 e. The Hall–Kier alpha value is -3.59. The highest BCUT2D eigenvalue weighted by Crippen LogP contribution is 2.41. The topological polar surface area (TPSA) is 46.4 Å². The first-order chi connectivity index (χ1) is 17.5. The monoisotopic (exact) mass is 493 g/mol. The molecular formula is C27H26F3N5O. The molecule has 1 fully saturated rings. The van der Waals surface area contributed by atoms with E-state index in [2.05, 4.69) is 26.8 Å². The van der Waals surface area contributed by atoms with Crippen molar-refractivity contribution in [2.75, 3.05) is 38.1 Å². The predicted octanol–water partition coefficient (Wildman–Crippen LogP) is 5.13. The molecule has 0 spiro atoms. The van der Waals surface area contributed by atoms with Gasteiger partial charge in [-0.15, -0.1) is 0 Å². The van der Waals surface area contributed by atoms with Crippen LogP contribution in [-0.2, 0) is 6.42 Å². The molecule has 2 aromatic heterocycles. The second-order valence-electron chi connectivity index (χ2n) is 9.39. The van der Waals surface area contributed by atoms with Gasteiger partial charge in [-0.2, -0.15) is 8.78 Å². The number of hydrogen-bond acceptors (Lipinski definition) is 5. The Morgan fingerprint density at radius 3 is 2.58 bits per heavy atom. The summed E-state index contributed by atoms with van der Waals surface area (Å²) in [5.41, 5.74) is 3.09. The van der Waals surface area contributed by atoms with E-state index >= 15 is 4.39 Å². The molecule has 186 valence electrons. The lowest BCUT2D eigenvalue weighted by Gasteiger charge is -2.33. The lowest BCUT2D eigenvalue weighted by Crippen LogP contribution is -2.44. The summed E-state index contributed by atoms with van der Waals surface area (Å²) in [4.78, 5) is 13.8. The molecule has 36 heavy (non-hydrogen) atoms. The highest BCUT2D eigenvalue weighted by Gasteiger charge is 2.30. The molecule has 6 nitrogen and oxygen atoms in total. The molecule has 9 heteroatoms. The number of anilines is 1. The molecule has 4 heterocycles. The van der Waals surface area contributed by atoms with Crippen LogP contribution in [0, 0.1) is 5.82 Å². The van der Waals surface area contributed by atoms with Crippen molar-refractivity contribution in [3.8, 4) is 16.9 Å². The first-order valence-corrected chi connectivity index (χ1v) is 12.1. The molecule has 2 aliphatic heterocycles. The van der Waals surface area contributed by atoms with E-state index < -0.39 is 6.61 Å². The van der Waals surface area contributed by atoms with Crippen molar-refractivity contribution in [1.82, 2.24) is 19.4 Å². The maximum absolute atomic E-state index is 15.2. The van der Waals surface area contributed by atoms with Crippen molar-refractivity contribution in [2.45, 2.75) is 25.5 Å². The molecule has 2 aromatic carbocycles. The molecule has 0 aliphatic carbocycles. The molecule has 1 saturated heterocycles. The normalized spacial score (nSPS) is 18.2. The number of benzene rings is 2. The highest BCUT2D eigenvalue weighted by molar-refractivity contribution is 5.84. The van der Waals surface area contributed by atoms with Crippen LogP contribution in [0.4, 0.5) is 19.0 Å². The number of likely N-dealkylation sites (N-methyl/N-ethyl adjacent to an activating group) is 1.